The van der Waals surface area contributed by atoms with Gasteiger partial charge in [0.05, 0.1) is 0 Å². The van der Waals surface area contributed by atoms with E-state index in [-0.39, 0.29) is 11.4 Å². The number of hydrogen-bond donors (Lipinski definition) is 2. The second-order valence-corrected chi connectivity index (χ2v) is 7.89. The Balaban J connectivity index is 1.70. The minimum atomic E-state index is 0.0446. The Hall–Kier alpha value is -1.33. The van der Waals surface area contributed by atoms with Crippen molar-refractivity contribution in [3.63, 3.8) is 0 Å². The minimum absolute atomic E-state index is 0.0446. The highest BCUT2D eigenvalue weighted by atomic mass is 35.5. The minimum Gasteiger partial charge on any atom is -0.358 e. The zero-order valence-electron chi connectivity index (χ0n) is 14.6. The summed E-state index contributed by atoms with van der Waals surface area (Å²) in [5.74, 6) is 0.0637. The van der Waals surface area contributed by atoms with Crippen LogP contribution in [0.5, 0.6) is 0 Å². The Morgan fingerprint density at radius 1 is 1.42 bits per heavy atom. The number of hydrogen-bond acceptors (Lipinski definition) is 2. The molecule has 0 saturated carbocycles. The van der Waals surface area contributed by atoms with E-state index in [1.807, 2.05) is 24.3 Å². The Morgan fingerprint density at radius 2 is 2.08 bits per heavy atom. The number of carbonyl (C=O) groups is 1. The predicted octanol–water partition coefficient (Wildman–Crippen LogP) is 3.48. The van der Waals surface area contributed by atoms with Gasteiger partial charge in [0.25, 0.3) is 0 Å². The second-order valence-electron chi connectivity index (χ2n) is 7.07. The Kier molecular flexibility index (Phi) is 6.47. The van der Waals surface area contributed by atoms with Gasteiger partial charge in [-0.3, -0.25) is 4.79 Å². The predicted molar refractivity (Wildman–Crippen MR) is 103 cm³/mol. The van der Waals surface area contributed by atoms with Gasteiger partial charge >= 0.3 is 0 Å². The van der Waals surface area contributed by atoms with Crippen molar-refractivity contribution in [2.45, 2.75) is 58.2 Å². The van der Waals surface area contributed by atoms with E-state index < -0.39 is 0 Å². The molecule has 1 atom stereocenters. The lowest BCUT2D eigenvalue weighted by Gasteiger charge is -2.44. The Bertz CT molecular complexity index is 588. The van der Waals surface area contributed by atoms with Gasteiger partial charge in [0.2, 0.25) is 5.91 Å². The quantitative estimate of drug-likeness (QED) is 0.755. The lowest BCUT2D eigenvalue weighted by molar-refractivity contribution is -0.121. The van der Waals surface area contributed by atoms with Crippen molar-refractivity contribution in [3.05, 3.63) is 34.9 Å². The molecule has 1 fully saturated rings. The average molecular weight is 368 g/mol. The molecule has 0 spiro atoms. The van der Waals surface area contributed by atoms with E-state index in [2.05, 4.69) is 36.3 Å². The van der Waals surface area contributed by atoms with Gasteiger partial charge in [-0.25, -0.2) is 0 Å². The highest BCUT2D eigenvalue weighted by molar-refractivity contribution is 7.80. The molecule has 2 rings (SSSR count). The standard InChI is InChI=1S/C18H26ClN3OS/c1-13-11-18(2,3)21-17(24)22(13)10-4-5-16(23)20-12-14-6-8-15(19)9-7-14/h6-9,13H,4-5,10-12H2,1-3H3,(H,20,23)(H,21,24). The summed E-state index contributed by atoms with van der Waals surface area (Å²) in [5, 5.41) is 7.81. The fourth-order valence-corrected chi connectivity index (χ4v) is 3.76. The number of rotatable bonds is 6. The van der Waals surface area contributed by atoms with Crippen molar-refractivity contribution in [2.75, 3.05) is 6.54 Å². The zero-order chi connectivity index (χ0) is 17.7. The molecule has 0 aliphatic carbocycles. The number of halogens is 1. The summed E-state index contributed by atoms with van der Waals surface area (Å²) in [6, 6.07) is 7.89. The SMILES string of the molecule is CC1CC(C)(C)NC(=S)N1CCCC(=O)NCc1ccc(Cl)cc1. The summed E-state index contributed by atoms with van der Waals surface area (Å²) >= 11 is 11.3. The third kappa shape index (κ3) is 5.64. The van der Waals surface area contributed by atoms with Crippen LogP contribution in [0.4, 0.5) is 0 Å². The second kappa shape index (κ2) is 8.17. The molecule has 1 aromatic rings. The molecular weight excluding hydrogens is 342 g/mol. The maximum Gasteiger partial charge on any atom is 0.220 e. The summed E-state index contributed by atoms with van der Waals surface area (Å²) in [6.07, 6.45) is 2.33. The van der Waals surface area contributed by atoms with E-state index in [0.717, 1.165) is 30.1 Å². The summed E-state index contributed by atoms with van der Waals surface area (Å²) < 4.78 is 0. The van der Waals surface area contributed by atoms with Gasteiger partial charge in [-0.15, -0.1) is 0 Å². The van der Waals surface area contributed by atoms with Crippen LogP contribution >= 0.6 is 23.8 Å². The van der Waals surface area contributed by atoms with Crippen molar-refractivity contribution >= 4 is 34.8 Å². The number of nitrogens with zero attached hydrogens (tertiary/aromatic N) is 1. The number of carbonyl (C=O) groups excluding carboxylic acids is 1. The molecule has 1 unspecified atom stereocenters. The van der Waals surface area contributed by atoms with Crippen LogP contribution in [0.15, 0.2) is 24.3 Å². The normalized spacial score (nSPS) is 19.8. The van der Waals surface area contributed by atoms with Crippen LogP contribution < -0.4 is 10.6 Å². The van der Waals surface area contributed by atoms with Crippen molar-refractivity contribution < 1.29 is 4.79 Å². The smallest absolute Gasteiger partial charge is 0.220 e. The van der Waals surface area contributed by atoms with E-state index in [1.165, 1.54) is 0 Å². The zero-order valence-corrected chi connectivity index (χ0v) is 16.1. The Morgan fingerprint density at radius 3 is 2.71 bits per heavy atom. The molecule has 1 aliphatic rings. The number of benzene rings is 1. The van der Waals surface area contributed by atoms with E-state index >= 15 is 0 Å². The summed E-state index contributed by atoms with van der Waals surface area (Å²) in [5.41, 5.74) is 1.09. The van der Waals surface area contributed by atoms with Crippen LogP contribution in [0.2, 0.25) is 5.02 Å². The van der Waals surface area contributed by atoms with Gasteiger partial charge in [0.1, 0.15) is 0 Å². The summed E-state index contributed by atoms with van der Waals surface area (Å²) in [7, 11) is 0. The van der Waals surface area contributed by atoms with Crippen LogP contribution in [0.25, 0.3) is 0 Å². The first-order chi connectivity index (χ1) is 11.3. The van der Waals surface area contributed by atoms with E-state index in [9.17, 15) is 4.79 Å². The first-order valence-electron chi connectivity index (χ1n) is 8.37. The fraction of sp³-hybridized carbons (Fsp3) is 0.556. The van der Waals surface area contributed by atoms with Gasteiger partial charge in [-0.05, 0) is 63.5 Å². The largest absolute Gasteiger partial charge is 0.358 e. The van der Waals surface area contributed by atoms with Crippen molar-refractivity contribution in [1.29, 1.82) is 0 Å². The molecule has 1 amide bonds. The van der Waals surface area contributed by atoms with Gasteiger partial charge in [-0.1, -0.05) is 23.7 Å². The molecule has 132 valence electrons. The van der Waals surface area contributed by atoms with E-state index in [1.54, 1.807) is 0 Å². The van der Waals surface area contributed by atoms with E-state index in [0.29, 0.717) is 24.0 Å². The molecule has 6 heteroatoms. The van der Waals surface area contributed by atoms with Crippen LogP contribution in [-0.2, 0) is 11.3 Å². The summed E-state index contributed by atoms with van der Waals surface area (Å²) in [6.45, 7) is 7.85. The molecular formula is C18H26ClN3OS. The fourth-order valence-electron chi connectivity index (χ4n) is 3.08. The van der Waals surface area contributed by atoms with Gasteiger partial charge in [0.15, 0.2) is 5.11 Å². The average Bonchev–Trinajstić information content (AvgIpc) is 2.48. The molecule has 1 heterocycles. The van der Waals surface area contributed by atoms with E-state index in [4.69, 9.17) is 23.8 Å². The first-order valence-corrected chi connectivity index (χ1v) is 9.15. The summed E-state index contributed by atoms with van der Waals surface area (Å²) in [4.78, 5) is 14.2. The van der Waals surface area contributed by atoms with Crippen LogP contribution in [-0.4, -0.2) is 34.0 Å². The van der Waals surface area contributed by atoms with Gasteiger partial charge in [0, 0.05) is 36.1 Å². The molecule has 24 heavy (non-hydrogen) atoms. The maximum atomic E-state index is 12.0. The van der Waals surface area contributed by atoms with Gasteiger partial charge < -0.3 is 15.5 Å². The Labute approximate surface area is 154 Å². The highest BCUT2D eigenvalue weighted by Gasteiger charge is 2.32. The lowest BCUT2D eigenvalue weighted by Crippen LogP contribution is -2.60. The molecule has 1 saturated heterocycles. The molecule has 1 aliphatic heterocycles. The number of nitrogens with one attached hydrogen (secondary N) is 2. The molecule has 1 aromatic carbocycles. The van der Waals surface area contributed by atoms with Crippen molar-refractivity contribution in [3.8, 4) is 0 Å². The first kappa shape index (κ1) is 19.0. The van der Waals surface area contributed by atoms with Crippen molar-refractivity contribution in [1.82, 2.24) is 15.5 Å². The molecule has 2 N–H and O–H groups in total. The molecule has 4 nitrogen and oxygen atoms in total. The highest BCUT2D eigenvalue weighted by Crippen LogP contribution is 2.22. The molecule has 0 bridgehead atoms. The lowest BCUT2D eigenvalue weighted by atomic mass is 9.93. The van der Waals surface area contributed by atoms with Crippen LogP contribution in [0.3, 0.4) is 0 Å². The van der Waals surface area contributed by atoms with Crippen LogP contribution in [0, 0.1) is 0 Å². The monoisotopic (exact) mass is 367 g/mol. The van der Waals surface area contributed by atoms with Gasteiger partial charge in [-0.2, -0.15) is 0 Å². The van der Waals surface area contributed by atoms with Crippen LogP contribution in [0.1, 0.15) is 45.6 Å². The topological polar surface area (TPSA) is 44.4 Å². The third-order valence-corrected chi connectivity index (χ3v) is 4.84. The third-order valence-electron chi connectivity index (χ3n) is 4.25. The number of amides is 1. The van der Waals surface area contributed by atoms with Crippen molar-refractivity contribution in [2.24, 2.45) is 0 Å². The molecule has 0 radical (unpaired) electrons. The maximum absolute atomic E-state index is 12.0. The molecule has 0 aromatic heterocycles. The number of thiocarbonyl (C=S) groups is 1.